The lowest BCUT2D eigenvalue weighted by Gasteiger charge is -2.19. The van der Waals surface area contributed by atoms with Crippen LogP contribution in [0, 0.1) is 6.92 Å². The van der Waals surface area contributed by atoms with Crippen molar-refractivity contribution in [1.29, 1.82) is 0 Å². The van der Waals surface area contributed by atoms with Crippen molar-refractivity contribution in [1.82, 2.24) is 10.6 Å². The molecule has 0 unspecified atom stereocenters. The third kappa shape index (κ3) is 8.20. The molecular formula is C17H25BrN2O2. The van der Waals surface area contributed by atoms with Crippen LogP contribution in [-0.2, 0) is 11.3 Å². The molecular weight excluding hydrogens is 344 g/mol. The van der Waals surface area contributed by atoms with Crippen LogP contribution in [0.25, 0.3) is 0 Å². The summed E-state index contributed by atoms with van der Waals surface area (Å²) in [4.78, 5) is 11.4. The Morgan fingerprint density at radius 2 is 1.95 bits per heavy atom. The van der Waals surface area contributed by atoms with Crippen molar-refractivity contribution in [3.8, 4) is 0 Å². The third-order valence-corrected chi connectivity index (χ3v) is 3.45. The van der Waals surface area contributed by atoms with E-state index in [-0.39, 0.29) is 0 Å². The fourth-order valence-electron chi connectivity index (χ4n) is 1.71. The van der Waals surface area contributed by atoms with Crippen molar-refractivity contribution < 1.29 is 9.53 Å². The highest BCUT2D eigenvalue weighted by molar-refractivity contribution is 9.10. The molecule has 0 spiro atoms. The number of aryl methyl sites for hydroxylation is 1. The molecule has 0 bridgehead atoms. The van der Waals surface area contributed by atoms with Crippen molar-refractivity contribution in [3.05, 3.63) is 46.0 Å². The summed E-state index contributed by atoms with van der Waals surface area (Å²) < 4.78 is 6.26. The quantitative estimate of drug-likeness (QED) is 0.590. The van der Waals surface area contributed by atoms with Gasteiger partial charge >= 0.3 is 6.09 Å². The van der Waals surface area contributed by atoms with Crippen molar-refractivity contribution in [2.75, 3.05) is 13.1 Å². The number of rotatable bonds is 6. The summed E-state index contributed by atoms with van der Waals surface area (Å²) in [6.45, 7) is 9.61. The Kier molecular flexibility index (Phi) is 7.62. The molecule has 0 saturated carbocycles. The summed E-state index contributed by atoms with van der Waals surface area (Å²) in [6, 6.07) is 6.32. The molecule has 22 heavy (non-hydrogen) atoms. The number of hydrogen-bond acceptors (Lipinski definition) is 3. The number of amides is 1. The molecule has 0 fully saturated rings. The zero-order valence-electron chi connectivity index (χ0n) is 13.7. The molecule has 0 aliphatic rings. The number of hydrogen-bond donors (Lipinski definition) is 2. The molecule has 1 amide bonds. The van der Waals surface area contributed by atoms with Crippen LogP contribution in [0.2, 0.25) is 0 Å². The Morgan fingerprint density at radius 3 is 2.59 bits per heavy atom. The number of halogens is 1. The zero-order valence-corrected chi connectivity index (χ0v) is 15.3. The van der Waals surface area contributed by atoms with E-state index in [1.165, 1.54) is 11.1 Å². The SMILES string of the molecule is Cc1ccc(CNC/C=C/CNC(=O)OC(C)(C)C)c(Br)c1. The molecule has 122 valence electrons. The van der Waals surface area contributed by atoms with Gasteiger partial charge in [0, 0.05) is 24.1 Å². The number of ether oxygens (including phenoxy) is 1. The van der Waals surface area contributed by atoms with Crippen LogP contribution in [0.1, 0.15) is 31.9 Å². The Balaban J connectivity index is 2.18. The minimum Gasteiger partial charge on any atom is -0.444 e. The van der Waals surface area contributed by atoms with E-state index in [0.717, 1.165) is 17.6 Å². The van der Waals surface area contributed by atoms with Crippen LogP contribution in [0.3, 0.4) is 0 Å². The highest BCUT2D eigenvalue weighted by Crippen LogP contribution is 2.17. The molecule has 5 heteroatoms. The Labute approximate surface area is 141 Å². The van der Waals surface area contributed by atoms with Crippen LogP contribution in [0.4, 0.5) is 4.79 Å². The smallest absolute Gasteiger partial charge is 0.407 e. The van der Waals surface area contributed by atoms with Crippen LogP contribution < -0.4 is 10.6 Å². The van der Waals surface area contributed by atoms with Crippen LogP contribution in [-0.4, -0.2) is 24.8 Å². The van der Waals surface area contributed by atoms with Crippen molar-refractivity contribution in [2.24, 2.45) is 0 Å². The van der Waals surface area contributed by atoms with Gasteiger partial charge in [-0.1, -0.05) is 40.2 Å². The molecule has 0 heterocycles. The molecule has 1 aromatic rings. The van der Waals surface area contributed by atoms with E-state index in [2.05, 4.69) is 51.7 Å². The van der Waals surface area contributed by atoms with Gasteiger partial charge in [-0.3, -0.25) is 0 Å². The van der Waals surface area contributed by atoms with Crippen molar-refractivity contribution in [2.45, 2.75) is 39.8 Å². The van der Waals surface area contributed by atoms with Gasteiger partial charge in [-0.25, -0.2) is 4.79 Å². The van der Waals surface area contributed by atoms with E-state index >= 15 is 0 Å². The van der Waals surface area contributed by atoms with Gasteiger partial charge < -0.3 is 15.4 Å². The molecule has 0 aliphatic heterocycles. The van der Waals surface area contributed by atoms with Crippen molar-refractivity contribution in [3.63, 3.8) is 0 Å². The minimum absolute atomic E-state index is 0.395. The van der Waals surface area contributed by atoms with Gasteiger partial charge in [0.25, 0.3) is 0 Å². The zero-order chi connectivity index (χ0) is 16.6. The second-order valence-electron chi connectivity index (χ2n) is 6.08. The van der Waals surface area contributed by atoms with Gasteiger partial charge in [-0.2, -0.15) is 0 Å². The first-order valence-corrected chi connectivity index (χ1v) is 8.15. The number of alkyl carbamates (subject to hydrolysis) is 1. The topological polar surface area (TPSA) is 50.4 Å². The van der Waals surface area contributed by atoms with Crippen LogP contribution >= 0.6 is 15.9 Å². The summed E-state index contributed by atoms with van der Waals surface area (Å²) in [7, 11) is 0. The van der Waals surface area contributed by atoms with Crippen LogP contribution in [0.15, 0.2) is 34.8 Å². The summed E-state index contributed by atoms with van der Waals surface area (Å²) in [6.07, 6.45) is 3.49. The second kappa shape index (κ2) is 8.96. The maximum Gasteiger partial charge on any atom is 0.407 e. The number of nitrogens with one attached hydrogen (secondary N) is 2. The normalized spacial score (nSPS) is 11.7. The van der Waals surface area contributed by atoms with Gasteiger partial charge in [0.1, 0.15) is 5.60 Å². The monoisotopic (exact) mass is 368 g/mol. The largest absolute Gasteiger partial charge is 0.444 e. The maximum absolute atomic E-state index is 11.4. The van der Waals surface area contributed by atoms with E-state index < -0.39 is 11.7 Å². The molecule has 2 N–H and O–H groups in total. The first-order valence-electron chi connectivity index (χ1n) is 7.35. The lowest BCUT2D eigenvalue weighted by Crippen LogP contribution is -2.32. The summed E-state index contributed by atoms with van der Waals surface area (Å²) in [5, 5.41) is 6.01. The first-order chi connectivity index (χ1) is 10.3. The minimum atomic E-state index is -0.462. The second-order valence-corrected chi connectivity index (χ2v) is 6.93. The molecule has 1 rings (SSSR count). The molecule has 1 aromatic carbocycles. The average Bonchev–Trinajstić information content (AvgIpc) is 2.37. The van der Waals surface area contributed by atoms with E-state index in [1.54, 1.807) is 0 Å². The highest BCUT2D eigenvalue weighted by Gasteiger charge is 2.14. The summed E-state index contributed by atoms with van der Waals surface area (Å²) in [5.74, 6) is 0. The predicted molar refractivity (Wildman–Crippen MR) is 94.0 cm³/mol. The Bertz CT molecular complexity index is 522. The lowest BCUT2D eigenvalue weighted by molar-refractivity contribution is 0.0534. The maximum atomic E-state index is 11.4. The standard InChI is InChI=1S/C17H25BrN2O2/c1-13-7-8-14(15(18)11-13)12-19-9-5-6-10-20-16(21)22-17(2,3)4/h5-8,11,19H,9-10,12H2,1-4H3,(H,20,21)/b6-5+. The number of carbonyl (C=O) groups is 1. The molecule has 0 aromatic heterocycles. The van der Waals surface area contributed by atoms with Gasteiger partial charge in [-0.15, -0.1) is 0 Å². The first kappa shape index (κ1) is 18.7. The fraction of sp³-hybridized carbons (Fsp3) is 0.471. The molecule has 0 saturated heterocycles. The predicted octanol–water partition coefficient (Wildman–Crippen LogP) is 3.93. The Hall–Kier alpha value is -1.33. The van der Waals surface area contributed by atoms with Gasteiger partial charge in [0.2, 0.25) is 0 Å². The fourth-order valence-corrected chi connectivity index (χ4v) is 2.34. The average molecular weight is 369 g/mol. The van der Waals surface area contributed by atoms with Crippen molar-refractivity contribution >= 4 is 22.0 Å². The van der Waals surface area contributed by atoms with E-state index in [1.807, 2.05) is 32.9 Å². The van der Waals surface area contributed by atoms with Crippen LogP contribution in [0.5, 0.6) is 0 Å². The van der Waals surface area contributed by atoms with Gasteiger partial charge in [0.05, 0.1) is 0 Å². The molecule has 0 atom stereocenters. The molecule has 4 nitrogen and oxygen atoms in total. The summed E-state index contributed by atoms with van der Waals surface area (Å²) in [5.41, 5.74) is 2.01. The van der Waals surface area contributed by atoms with Gasteiger partial charge in [0.15, 0.2) is 0 Å². The third-order valence-electron chi connectivity index (χ3n) is 2.72. The molecule has 0 aliphatic carbocycles. The Morgan fingerprint density at radius 1 is 1.27 bits per heavy atom. The number of carbonyl (C=O) groups excluding carboxylic acids is 1. The van der Waals surface area contributed by atoms with E-state index in [9.17, 15) is 4.79 Å². The van der Waals surface area contributed by atoms with E-state index in [4.69, 9.17) is 4.74 Å². The summed E-state index contributed by atoms with van der Waals surface area (Å²) >= 11 is 3.56. The van der Waals surface area contributed by atoms with Gasteiger partial charge in [-0.05, 0) is 44.9 Å². The lowest BCUT2D eigenvalue weighted by atomic mass is 10.1. The van der Waals surface area contributed by atoms with E-state index in [0.29, 0.717) is 6.54 Å². The number of benzene rings is 1. The highest BCUT2D eigenvalue weighted by atomic mass is 79.9. The molecule has 0 radical (unpaired) electrons.